The largest absolute Gasteiger partial charge is 0.350 e. The minimum absolute atomic E-state index is 0.165. The monoisotopic (exact) mass is 219 g/mol. The summed E-state index contributed by atoms with van der Waals surface area (Å²) in [6, 6.07) is 8.88. The lowest BCUT2D eigenvalue weighted by molar-refractivity contribution is -0.122. The molecule has 1 aromatic carbocycles. The van der Waals surface area contributed by atoms with Crippen LogP contribution < -0.4 is 16.0 Å². The van der Waals surface area contributed by atoms with Crippen LogP contribution in [0.15, 0.2) is 30.3 Å². The lowest BCUT2D eigenvalue weighted by atomic mass is 10.2. The van der Waals surface area contributed by atoms with E-state index in [0.717, 1.165) is 5.56 Å². The van der Waals surface area contributed by atoms with E-state index in [1.807, 2.05) is 30.3 Å². The highest BCUT2D eigenvalue weighted by Crippen LogP contribution is 1.98. The Morgan fingerprint density at radius 2 is 2.12 bits per heavy atom. The second-order valence-corrected chi connectivity index (χ2v) is 3.61. The van der Waals surface area contributed by atoms with Gasteiger partial charge in [0.2, 0.25) is 5.91 Å². The summed E-state index contributed by atoms with van der Waals surface area (Å²) in [5.41, 5.74) is 1.04. The fourth-order valence-corrected chi connectivity index (χ4v) is 1.52. The molecule has 16 heavy (non-hydrogen) atoms. The summed E-state index contributed by atoms with van der Waals surface area (Å²) in [7, 11) is 0. The van der Waals surface area contributed by atoms with Crippen molar-refractivity contribution in [2.45, 2.75) is 12.6 Å². The zero-order valence-electron chi connectivity index (χ0n) is 8.69. The number of benzene rings is 1. The molecule has 1 saturated heterocycles. The SMILES string of the molecule is O=C1NCC(C(=O)NCc2ccccc2)N1. The molecule has 0 aromatic heterocycles. The normalized spacial score (nSPS) is 18.8. The first kappa shape index (κ1) is 10.5. The van der Waals surface area contributed by atoms with Crippen LogP contribution >= 0.6 is 0 Å². The van der Waals surface area contributed by atoms with Crippen LogP contribution in [0.2, 0.25) is 0 Å². The van der Waals surface area contributed by atoms with Crippen LogP contribution in [0.3, 0.4) is 0 Å². The molecule has 1 unspecified atom stereocenters. The van der Waals surface area contributed by atoms with Gasteiger partial charge in [0.05, 0.1) is 0 Å². The van der Waals surface area contributed by atoms with E-state index in [0.29, 0.717) is 13.1 Å². The molecule has 1 aliphatic rings. The van der Waals surface area contributed by atoms with Crippen LogP contribution in [-0.4, -0.2) is 24.5 Å². The summed E-state index contributed by atoms with van der Waals surface area (Å²) in [5, 5.41) is 7.83. The Kier molecular flexibility index (Phi) is 3.05. The average molecular weight is 219 g/mol. The molecule has 0 saturated carbocycles. The first-order valence-electron chi connectivity index (χ1n) is 5.12. The smallest absolute Gasteiger partial charge is 0.315 e. The lowest BCUT2D eigenvalue weighted by Gasteiger charge is -2.09. The number of hydrogen-bond donors (Lipinski definition) is 3. The summed E-state index contributed by atoms with van der Waals surface area (Å²) in [5.74, 6) is -0.165. The third-order valence-electron chi connectivity index (χ3n) is 2.40. The van der Waals surface area contributed by atoms with E-state index in [1.54, 1.807) is 0 Å². The number of urea groups is 1. The predicted octanol–water partition coefficient (Wildman–Crippen LogP) is -0.0158. The van der Waals surface area contributed by atoms with E-state index in [-0.39, 0.29) is 11.9 Å². The van der Waals surface area contributed by atoms with Gasteiger partial charge in [0, 0.05) is 13.1 Å². The van der Waals surface area contributed by atoms with Crippen molar-refractivity contribution < 1.29 is 9.59 Å². The van der Waals surface area contributed by atoms with Gasteiger partial charge in [0.1, 0.15) is 6.04 Å². The van der Waals surface area contributed by atoms with Crippen LogP contribution in [0, 0.1) is 0 Å². The van der Waals surface area contributed by atoms with E-state index in [9.17, 15) is 9.59 Å². The highest BCUT2D eigenvalue weighted by Gasteiger charge is 2.26. The van der Waals surface area contributed by atoms with Crippen molar-refractivity contribution in [1.82, 2.24) is 16.0 Å². The van der Waals surface area contributed by atoms with Gasteiger partial charge in [-0.2, -0.15) is 0 Å². The molecule has 1 fully saturated rings. The predicted molar refractivity (Wildman–Crippen MR) is 58.6 cm³/mol. The molecule has 0 radical (unpaired) electrons. The minimum Gasteiger partial charge on any atom is -0.350 e. The molecule has 1 aliphatic heterocycles. The molecule has 3 amide bonds. The molecule has 5 nitrogen and oxygen atoms in total. The van der Waals surface area contributed by atoms with Gasteiger partial charge >= 0.3 is 6.03 Å². The number of hydrogen-bond acceptors (Lipinski definition) is 2. The fraction of sp³-hybridized carbons (Fsp3) is 0.273. The summed E-state index contributed by atoms with van der Waals surface area (Å²) >= 11 is 0. The van der Waals surface area contributed by atoms with Gasteiger partial charge in [-0.05, 0) is 5.56 Å². The standard InChI is InChI=1S/C11H13N3O2/c15-10(9-7-13-11(16)14-9)12-6-8-4-2-1-3-5-8/h1-5,9H,6-7H2,(H,12,15)(H2,13,14,16). The zero-order valence-corrected chi connectivity index (χ0v) is 8.69. The maximum Gasteiger partial charge on any atom is 0.315 e. The summed E-state index contributed by atoms with van der Waals surface area (Å²) < 4.78 is 0. The first-order chi connectivity index (χ1) is 7.75. The zero-order chi connectivity index (χ0) is 11.4. The molecular formula is C11H13N3O2. The van der Waals surface area contributed by atoms with Gasteiger partial charge in [0.15, 0.2) is 0 Å². The number of amides is 3. The molecule has 2 rings (SSSR count). The van der Waals surface area contributed by atoms with Crippen LogP contribution in [0.1, 0.15) is 5.56 Å². The molecule has 5 heteroatoms. The third-order valence-corrected chi connectivity index (χ3v) is 2.40. The van der Waals surface area contributed by atoms with E-state index < -0.39 is 6.04 Å². The second kappa shape index (κ2) is 4.65. The summed E-state index contributed by atoms with van der Waals surface area (Å²) in [6.07, 6.45) is 0. The average Bonchev–Trinajstić information content (AvgIpc) is 2.74. The first-order valence-corrected chi connectivity index (χ1v) is 5.12. The van der Waals surface area contributed by atoms with Crippen LogP contribution in [0.25, 0.3) is 0 Å². The van der Waals surface area contributed by atoms with E-state index >= 15 is 0 Å². The van der Waals surface area contributed by atoms with Gasteiger partial charge in [-0.1, -0.05) is 30.3 Å². The molecule has 0 bridgehead atoms. The molecule has 0 aliphatic carbocycles. The Labute approximate surface area is 93.2 Å². The Balaban J connectivity index is 1.82. The van der Waals surface area contributed by atoms with Gasteiger partial charge in [-0.25, -0.2) is 4.79 Å². The van der Waals surface area contributed by atoms with Crippen molar-refractivity contribution in [2.24, 2.45) is 0 Å². The molecule has 1 aromatic rings. The Hall–Kier alpha value is -2.04. The topological polar surface area (TPSA) is 70.2 Å². The lowest BCUT2D eigenvalue weighted by Crippen LogP contribution is -2.42. The fourth-order valence-electron chi connectivity index (χ4n) is 1.52. The quantitative estimate of drug-likeness (QED) is 0.669. The Bertz CT molecular complexity index is 391. The number of nitrogens with one attached hydrogen (secondary N) is 3. The van der Waals surface area contributed by atoms with E-state index in [2.05, 4.69) is 16.0 Å². The Morgan fingerprint density at radius 1 is 1.38 bits per heavy atom. The molecule has 3 N–H and O–H groups in total. The van der Waals surface area contributed by atoms with E-state index in [1.165, 1.54) is 0 Å². The third kappa shape index (κ3) is 2.50. The van der Waals surface area contributed by atoms with Gasteiger partial charge in [-0.15, -0.1) is 0 Å². The van der Waals surface area contributed by atoms with Crippen molar-refractivity contribution in [2.75, 3.05) is 6.54 Å². The van der Waals surface area contributed by atoms with Crippen molar-refractivity contribution in [1.29, 1.82) is 0 Å². The maximum atomic E-state index is 11.6. The number of carbonyl (C=O) groups is 2. The van der Waals surface area contributed by atoms with Gasteiger partial charge in [0.25, 0.3) is 0 Å². The van der Waals surface area contributed by atoms with Crippen LogP contribution in [0.4, 0.5) is 4.79 Å². The number of rotatable bonds is 3. The molecule has 0 spiro atoms. The highest BCUT2D eigenvalue weighted by molar-refractivity contribution is 5.90. The van der Waals surface area contributed by atoms with Crippen molar-refractivity contribution in [3.05, 3.63) is 35.9 Å². The summed E-state index contributed by atoms with van der Waals surface area (Å²) in [4.78, 5) is 22.4. The van der Waals surface area contributed by atoms with Crippen molar-refractivity contribution in [3.63, 3.8) is 0 Å². The van der Waals surface area contributed by atoms with Crippen LogP contribution in [0.5, 0.6) is 0 Å². The maximum absolute atomic E-state index is 11.6. The van der Waals surface area contributed by atoms with Gasteiger partial charge in [-0.3, -0.25) is 4.79 Å². The summed E-state index contributed by atoms with van der Waals surface area (Å²) in [6.45, 7) is 0.825. The number of carbonyl (C=O) groups excluding carboxylic acids is 2. The Morgan fingerprint density at radius 3 is 2.75 bits per heavy atom. The highest BCUT2D eigenvalue weighted by atomic mass is 16.2. The molecule has 84 valence electrons. The van der Waals surface area contributed by atoms with Gasteiger partial charge < -0.3 is 16.0 Å². The molecule has 1 heterocycles. The molecular weight excluding hydrogens is 206 g/mol. The van der Waals surface area contributed by atoms with Crippen LogP contribution in [-0.2, 0) is 11.3 Å². The molecule has 1 atom stereocenters. The van der Waals surface area contributed by atoms with Crippen molar-refractivity contribution >= 4 is 11.9 Å². The second-order valence-electron chi connectivity index (χ2n) is 3.61. The minimum atomic E-state index is -0.462. The van der Waals surface area contributed by atoms with E-state index in [4.69, 9.17) is 0 Å². The van der Waals surface area contributed by atoms with Crippen molar-refractivity contribution in [3.8, 4) is 0 Å².